The van der Waals surface area contributed by atoms with Crippen LogP contribution in [0.5, 0.6) is 0 Å². The molecule has 0 aromatic carbocycles. The molecule has 2 heterocycles. The summed E-state index contributed by atoms with van der Waals surface area (Å²) in [4.78, 5) is 35.8. The standard InChI is InChI=1S/C13H21N3O3/c17-11-5-6-12(18)16(11)9-3-8-15-13(19)10-4-1-2-7-14-10/h10,14H,1-9H2,(H,15,19). The molecule has 19 heavy (non-hydrogen) atoms. The zero-order chi connectivity index (χ0) is 13.7. The maximum Gasteiger partial charge on any atom is 0.237 e. The van der Waals surface area contributed by atoms with Crippen LogP contribution in [0.2, 0.25) is 0 Å². The quantitative estimate of drug-likeness (QED) is 0.533. The van der Waals surface area contributed by atoms with Crippen molar-refractivity contribution in [1.29, 1.82) is 0 Å². The van der Waals surface area contributed by atoms with Gasteiger partial charge in [0.25, 0.3) is 0 Å². The van der Waals surface area contributed by atoms with Crippen LogP contribution in [-0.2, 0) is 14.4 Å². The summed E-state index contributed by atoms with van der Waals surface area (Å²) in [7, 11) is 0. The van der Waals surface area contributed by atoms with Crippen LogP contribution in [0, 0.1) is 0 Å². The number of piperidine rings is 1. The van der Waals surface area contributed by atoms with Gasteiger partial charge in [0.2, 0.25) is 17.7 Å². The number of hydrogen-bond acceptors (Lipinski definition) is 4. The normalized spacial score (nSPS) is 23.8. The average molecular weight is 267 g/mol. The predicted octanol–water partition coefficient (Wildman–Crippen LogP) is -0.216. The molecule has 6 nitrogen and oxygen atoms in total. The molecule has 2 fully saturated rings. The van der Waals surface area contributed by atoms with E-state index in [1.807, 2.05) is 0 Å². The molecule has 0 aliphatic carbocycles. The van der Waals surface area contributed by atoms with Crippen molar-refractivity contribution in [3.63, 3.8) is 0 Å². The molecule has 1 atom stereocenters. The lowest BCUT2D eigenvalue weighted by atomic mass is 10.0. The van der Waals surface area contributed by atoms with Gasteiger partial charge in [-0.25, -0.2) is 0 Å². The van der Waals surface area contributed by atoms with Crippen molar-refractivity contribution in [1.82, 2.24) is 15.5 Å². The number of nitrogens with zero attached hydrogens (tertiary/aromatic N) is 1. The molecule has 2 N–H and O–H groups in total. The Morgan fingerprint density at radius 1 is 1.26 bits per heavy atom. The number of carbonyl (C=O) groups is 3. The van der Waals surface area contributed by atoms with Crippen molar-refractivity contribution in [3.8, 4) is 0 Å². The van der Waals surface area contributed by atoms with Gasteiger partial charge < -0.3 is 10.6 Å². The van der Waals surface area contributed by atoms with Crippen LogP contribution in [0.4, 0.5) is 0 Å². The Morgan fingerprint density at radius 3 is 2.63 bits per heavy atom. The van der Waals surface area contributed by atoms with Gasteiger partial charge in [-0.05, 0) is 25.8 Å². The molecule has 2 aliphatic rings. The van der Waals surface area contributed by atoms with E-state index in [1.165, 1.54) is 4.90 Å². The number of likely N-dealkylation sites (tertiary alicyclic amines) is 1. The minimum absolute atomic E-state index is 0.0266. The van der Waals surface area contributed by atoms with E-state index in [0.717, 1.165) is 25.8 Å². The summed E-state index contributed by atoms with van der Waals surface area (Å²) in [5, 5.41) is 6.04. The monoisotopic (exact) mass is 267 g/mol. The summed E-state index contributed by atoms with van der Waals surface area (Å²) in [5.41, 5.74) is 0. The fraction of sp³-hybridized carbons (Fsp3) is 0.769. The van der Waals surface area contributed by atoms with Gasteiger partial charge >= 0.3 is 0 Å². The Kier molecular flexibility index (Phi) is 4.90. The molecule has 106 valence electrons. The zero-order valence-corrected chi connectivity index (χ0v) is 11.1. The number of hydrogen-bond donors (Lipinski definition) is 2. The molecule has 2 saturated heterocycles. The molecule has 0 aromatic heterocycles. The Balaban J connectivity index is 1.62. The zero-order valence-electron chi connectivity index (χ0n) is 11.1. The Hall–Kier alpha value is -1.43. The van der Waals surface area contributed by atoms with Gasteiger partial charge in [0, 0.05) is 25.9 Å². The van der Waals surface area contributed by atoms with E-state index in [-0.39, 0.29) is 23.8 Å². The molecule has 6 heteroatoms. The van der Waals surface area contributed by atoms with Crippen molar-refractivity contribution < 1.29 is 14.4 Å². The maximum absolute atomic E-state index is 11.8. The Labute approximate surface area is 112 Å². The molecule has 0 radical (unpaired) electrons. The summed E-state index contributed by atoms with van der Waals surface area (Å²) >= 11 is 0. The Bertz CT molecular complexity index is 348. The summed E-state index contributed by atoms with van der Waals surface area (Å²) in [6.45, 7) is 1.82. The highest BCUT2D eigenvalue weighted by atomic mass is 16.2. The SMILES string of the molecule is O=C(NCCCN1C(=O)CCC1=O)C1CCCCN1. The molecular weight excluding hydrogens is 246 g/mol. The highest BCUT2D eigenvalue weighted by molar-refractivity contribution is 6.01. The molecule has 2 aliphatic heterocycles. The van der Waals surface area contributed by atoms with Crippen LogP contribution in [0.3, 0.4) is 0 Å². The summed E-state index contributed by atoms with van der Waals surface area (Å²) in [6, 6.07) is -0.0798. The van der Waals surface area contributed by atoms with E-state index in [4.69, 9.17) is 0 Å². The molecule has 2 rings (SSSR count). The van der Waals surface area contributed by atoms with Gasteiger partial charge in [-0.15, -0.1) is 0 Å². The predicted molar refractivity (Wildman–Crippen MR) is 69.2 cm³/mol. The lowest BCUT2D eigenvalue weighted by Crippen LogP contribution is -2.47. The maximum atomic E-state index is 11.8. The first-order valence-corrected chi connectivity index (χ1v) is 7.03. The number of nitrogens with one attached hydrogen (secondary N) is 2. The second kappa shape index (κ2) is 6.65. The molecule has 0 bridgehead atoms. The summed E-state index contributed by atoms with van der Waals surface area (Å²) in [6.07, 6.45) is 4.38. The van der Waals surface area contributed by atoms with Gasteiger partial charge in [-0.3, -0.25) is 19.3 Å². The fourth-order valence-corrected chi connectivity index (χ4v) is 2.52. The van der Waals surface area contributed by atoms with Crippen molar-refractivity contribution in [2.45, 2.75) is 44.6 Å². The van der Waals surface area contributed by atoms with Gasteiger partial charge in [0.05, 0.1) is 6.04 Å². The third-order valence-electron chi connectivity index (χ3n) is 3.64. The lowest BCUT2D eigenvalue weighted by molar-refractivity contribution is -0.138. The van der Waals surface area contributed by atoms with Crippen LogP contribution in [0.15, 0.2) is 0 Å². The molecule has 1 unspecified atom stereocenters. The number of imide groups is 1. The van der Waals surface area contributed by atoms with E-state index in [2.05, 4.69) is 10.6 Å². The van der Waals surface area contributed by atoms with E-state index >= 15 is 0 Å². The van der Waals surface area contributed by atoms with Crippen molar-refractivity contribution >= 4 is 17.7 Å². The van der Waals surface area contributed by atoms with E-state index in [0.29, 0.717) is 32.4 Å². The van der Waals surface area contributed by atoms with Gasteiger partial charge in [0.1, 0.15) is 0 Å². The molecule has 0 spiro atoms. The molecular formula is C13H21N3O3. The average Bonchev–Trinajstić information content (AvgIpc) is 2.75. The number of amides is 3. The highest BCUT2D eigenvalue weighted by Gasteiger charge is 2.28. The van der Waals surface area contributed by atoms with Crippen LogP contribution < -0.4 is 10.6 Å². The van der Waals surface area contributed by atoms with Crippen molar-refractivity contribution in [3.05, 3.63) is 0 Å². The fourth-order valence-electron chi connectivity index (χ4n) is 2.52. The Morgan fingerprint density at radius 2 is 2.00 bits per heavy atom. The smallest absolute Gasteiger partial charge is 0.237 e. The topological polar surface area (TPSA) is 78.5 Å². The van der Waals surface area contributed by atoms with Crippen LogP contribution >= 0.6 is 0 Å². The summed E-state index contributed by atoms with van der Waals surface area (Å²) in [5.74, 6) is -0.158. The second-order valence-electron chi connectivity index (χ2n) is 5.09. The minimum Gasteiger partial charge on any atom is -0.355 e. The third-order valence-corrected chi connectivity index (χ3v) is 3.64. The first-order chi connectivity index (χ1) is 9.18. The van der Waals surface area contributed by atoms with Gasteiger partial charge in [-0.1, -0.05) is 6.42 Å². The molecule has 0 saturated carbocycles. The van der Waals surface area contributed by atoms with Crippen molar-refractivity contribution in [2.75, 3.05) is 19.6 Å². The lowest BCUT2D eigenvalue weighted by Gasteiger charge is -2.22. The van der Waals surface area contributed by atoms with Crippen molar-refractivity contribution in [2.24, 2.45) is 0 Å². The van der Waals surface area contributed by atoms with E-state index in [9.17, 15) is 14.4 Å². The molecule has 3 amide bonds. The van der Waals surface area contributed by atoms with E-state index < -0.39 is 0 Å². The first kappa shape index (κ1) is 14.0. The number of rotatable bonds is 5. The third kappa shape index (κ3) is 3.76. The van der Waals surface area contributed by atoms with Crippen LogP contribution in [0.25, 0.3) is 0 Å². The highest BCUT2D eigenvalue weighted by Crippen LogP contribution is 2.11. The van der Waals surface area contributed by atoms with Crippen LogP contribution in [-0.4, -0.2) is 48.3 Å². The summed E-state index contributed by atoms with van der Waals surface area (Å²) < 4.78 is 0. The van der Waals surface area contributed by atoms with E-state index in [1.54, 1.807) is 0 Å². The van der Waals surface area contributed by atoms with Gasteiger partial charge in [-0.2, -0.15) is 0 Å². The van der Waals surface area contributed by atoms with Gasteiger partial charge in [0.15, 0.2) is 0 Å². The second-order valence-corrected chi connectivity index (χ2v) is 5.09. The number of carbonyl (C=O) groups excluding carboxylic acids is 3. The van der Waals surface area contributed by atoms with Crippen LogP contribution in [0.1, 0.15) is 38.5 Å². The molecule has 0 aromatic rings. The first-order valence-electron chi connectivity index (χ1n) is 7.03. The largest absolute Gasteiger partial charge is 0.355 e. The minimum atomic E-state index is -0.0923.